The summed E-state index contributed by atoms with van der Waals surface area (Å²) < 4.78 is 24.9. The van der Waals surface area contributed by atoms with Gasteiger partial charge in [-0.15, -0.1) is 0 Å². The van der Waals surface area contributed by atoms with Crippen LogP contribution in [0.5, 0.6) is 5.75 Å². The van der Waals surface area contributed by atoms with E-state index >= 15 is 0 Å². The number of fused-ring (bicyclic) bond motifs is 2. The molecular formula is C47H44FN9O3. The van der Waals surface area contributed by atoms with E-state index in [1.807, 2.05) is 92.7 Å². The second kappa shape index (κ2) is 18.9. The van der Waals surface area contributed by atoms with Crippen molar-refractivity contribution in [3.8, 4) is 50.5 Å². The minimum Gasteiger partial charge on any atom is -0.486 e. The van der Waals surface area contributed by atoms with E-state index in [2.05, 4.69) is 41.3 Å². The van der Waals surface area contributed by atoms with E-state index in [4.69, 9.17) is 20.9 Å². The van der Waals surface area contributed by atoms with Crippen LogP contribution in [-0.2, 0) is 9.53 Å². The number of pyridine rings is 2. The Hall–Kier alpha value is -7.38. The van der Waals surface area contributed by atoms with E-state index in [1.54, 1.807) is 31.5 Å². The van der Waals surface area contributed by atoms with E-state index in [9.17, 15) is 9.18 Å². The van der Waals surface area contributed by atoms with Crippen LogP contribution in [0.4, 0.5) is 16.0 Å². The molecule has 0 unspecified atom stereocenters. The highest BCUT2D eigenvalue weighted by atomic mass is 19.1. The molecule has 60 heavy (non-hydrogen) atoms. The Labute approximate surface area is 346 Å². The monoisotopic (exact) mass is 801 g/mol. The molecule has 1 saturated heterocycles. The fourth-order valence-corrected chi connectivity index (χ4v) is 6.63. The normalized spacial score (nSPS) is 12.1. The summed E-state index contributed by atoms with van der Waals surface area (Å²) >= 11 is 0. The third-order valence-corrected chi connectivity index (χ3v) is 9.65. The van der Waals surface area contributed by atoms with E-state index < -0.39 is 0 Å². The Balaban J connectivity index is 0.000000175. The highest BCUT2D eigenvalue weighted by Gasteiger charge is 2.20. The molecule has 1 aliphatic rings. The first-order chi connectivity index (χ1) is 29.3. The molecule has 0 aliphatic carbocycles. The van der Waals surface area contributed by atoms with Crippen molar-refractivity contribution in [2.45, 2.75) is 33.3 Å². The Morgan fingerprint density at radius 3 is 1.98 bits per heavy atom. The van der Waals surface area contributed by atoms with E-state index in [0.717, 1.165) is 72.3 Å². The lowest BCUT2D eigenvalue weighted by atomic mass is 9.97. The van der Waals surface area contributed by atoms with Crippen molar-refractivity contribution >= 4 is 39.3 Å². The van der Waals surface area contributed by atoms with Crippen LogP contribution in [0.2, 0.25) is 0 Å². The average molecular weight is 802 g/mol. The summed E-state index contributed by atoms with van der Waals surface area (Å²) in [5.41, 5.74) is 20.8. The van der Waals surface area contributed by atoms with Gasteiger partial charge in [0.25, 0.3) is 0 Å². The number of amides is 1. The number of benzene rings is 4. The quantitative estimate of drug-likeness (QED) is 0.120. The first-order valence-electron chi connectivity index (χ1n) is 19.6. The van der Waals surface area contributed by atoms with Gasteiger partial charge in [0.2, 0.25) is 5.91 Å². The van der Waals surface area contributed by atoms with Crippen molar-refractivity contribution in [3.63, 3.8) is 0 Å². The maximum atomic E-state index is 13.7. The van der Waals surface area contributed by atoms with Crippen LogP contribution >= 0.6 is 0 Å². The number of nitrogen functional groups attached to an aromatic ring is 1. The van der Waals surface area contributed by atoms with Gasteiger partial charge in [-0.1, -0.05) is 50.2 Å². The zero-order valence-electron chi connectivity index (χ0n) is 33.5. The third kappa shape index (κ3) is 9.32. The number of nitrogens with one attached hydrogen (secondary N) is 1. The summed E-state index contributed by atoms with van der Waals surface area (Å²) in [7, 11) is 0. The van der Waals surface area contributed by atoms with Crippen LogP contribution < -0.4 is 21.5 Å². The standard InChI is InChI=1S/C23H20FN5O.C22H18N4O2.C2H6/c1-14-11-16(4-6-19(14)24)22-17(3-2-9-26-22)15-5-7-20-18(12-15)23(29-13-28-20)27-10-8-21(25)30;23-22-19-10-14(6-7-20(19)25-13-26-22)18-5-2-8-24-21(18)15-3-1-4-16(9-15)28-17-11-27-12-17;1-2/h2-7,9,11-13H,8,10H2,1H3,(H2,25,30)(H,27,28,29);1-10,13,17H,11-12H2,(H2,23,25,26);1-2H3. The van der Waals surface area contributed by atoms with Crippen LogP contribution in [-0.4, -0.2) is 61.7 Å². The number of hydrogen-bond donors (Lipinski definition) is 3. The number of carbonyl (C=O) groups is 1. The first kappa shape index (κ1) is 40.8. The lowest BCUT2D eigenvalue weighted by Crippen LogP contribution is -2.38. The molecule has 9 rings (SSSR count). The van der Waals surface area contributed by atoms with Gasteiger partial charge in [0.05, 0.1) is 35.6 Å². The number of halogens is 1. The highest BCUT2D eigenvalue weighted by molar-refractivity contribution is 5.95. The number of primary amides is 1. The zero-order chi connectivity index (χ0) is 42.0. The Bertz CT molecular complexity index is 2780. The molecule has 0 spiro atoms. The van der Waals surface area contributed by atoms with Crippen molar-refractivity contribution in [3.05, 3.63) is 140 Å². The molecule has 5 N–H and O–H groups in total. The fraction of sp³-hybridized carbons (Fsp3) is 0.170. The lowest BCUT2D eigenvalue weighted by molar-refractivity contribution is -0.117. The molecule has 0 atom stereocenters. The molecule has 0 saturated carbocycles. The number of hydrogen-bond acceptors (Lipinski definition) is 11. The van der Waals surface area contributed by atoms with Crippen molar-refractivity contribution in [1.82, 2.24) is 29.9 Å². The van der Waals surface area contributed by atoms with E-state index in [-0.39, 0.29) is 24.2 Å². The van der Waals surface area contributed by atoms with Crippen LogP contribution in [0, 0.1) is 12.7 Å². The number of ether oxygens (including phenoxy) is 2. The summed E-state index contributed by atoms with van der Waals surface area (Å²) in [4.78, 5) is 37.2. The van der Waals surface area contributed by atoms with Crippen molar-refractivity contribution in [1.29, 1.82) is 0 Å². The molecule has 0 radical (unpaired) electrons. The minimum absolute atomic E-state index is 0.127. The molecule has 0 bridgehead atoms. The highest BCUT2D eigenvalue weighted by Crippen LogP contribution is 2.35. The number of aromatic nitrogens is 6. The van der Waals surface area contributed by atoms with Crippen molar-refractivity contribution in [2.24, 2.45) is 5.73 Å². The first-order valence-corrected chi connectivity index (χ1v) is 19.6. The molecule has 4 aromatic heterocycles. The maximum absolute atomic E-state index is 13.7. The van der Waals surface area contributed by atoms with Gasteiger partial charge in [-0.2, -0.15) is 0 Å². The Morgan fingerprint density at radius 1 is 0.733 bits per heavy atom. The number of aryl methyl sites for hydroxylation is 1. The number of nitrogens with zero attached hydrogens (tertiary/aromatic N) is 6. The summed E-state index contributed by atoms with van der Waals surface area (Å²) in [6.45, 7) is 7.40. The molecule has 8 aromatic rings. The number of nitrogens with two attached hydrogens (primary N) is 2. The molecule has 1 amide bonds. The SMILES string of the molecule is CC.Cc1cc(-c2ncccc2-c2ccc3ncnc(NCCC(N)=O)c3c2)ccc1F.Nc1ncnc2ccc(-c3cccnc3-c3cccc(OC4COC4)c3)cc12. The predicted octanol–water partition coefficient (Wildman–Crippen LogP) is 8.84. The third-order valence-electron chi connectivity index (χ3n) is 9.65. The molecule has 4 aromatic carbocycles. The second-order valence-electron chi connectivity index (χ2n) is 13.7. The number of rotatable bonds is 10. The second-order valence-corrected chi connectivity index (χ2v) is 13.7. The fourth-order valence-electron chi connectivity index (χ4n) is 6.63. The van der Waals surface area contributed by atoms with Crippen LogP contribution in [0.15, 0.2) is 128 Å². The Morgan fingerprint density at radius 2 is 1.35 bits per heavy atom. The van der Waals surface area contributed by atoms with Crippen molar-refractivity contribution in [2.75, 3.05) is 30.8 Å². The zero-order valence-corrected chi connectivity index (χ0v) is 33.5. The average Bonchev–Trinajstić information content (AvgIpc) is 3.27. The lowest BCUT2D eigenvalue weighted by Gasteiger charge is -2.26. The van der Waals surface area contributed by atoms with Gasteiger partial charge < -0.3 is 26.3 Å². The number of anilines is 2. The van der Waals surface area contributed by atoms with Crippen LogP contribution in [0.3, 0.4) is 0 Å². The van der Waals surface area contributed by atoms with Gasteiger partial charge in [0.15, 0.2) is 0 Å². The molecule has 13 heteroatoms. The van der Waals surface area contributed by atoms with Gasteiger partial charge in [-0.3, -0.25) is 14.8 Å². The van der Waals surface area contributed by atoms with Gasteiger partial charge in [-0.25, -0.2) is 24.3 Å². The largest absolute Gasteiger partial charge is 0.486 e. The van der Waals surface area contributed by atoms with Crippen LogP contribution in [0.1, 0.15) is 25.8 Å². The summed E-state index contributed by atoms with van der Waals surface area (Å²) in [5, 5.41) is 4.80. The van der Waals surface area contributed by atoms with Gasteiger partial charge in [0, 0.05) is 58.4 Å². The number of carbonyl (C=O) groups excluding carboxylic acids is 1. The van der Waals surface area contributed by atoms with Crippen molar-refractivity contribution < 1.29 is 18.7 Å². The molecule has 12 nitrogen and oxygen atoms in total. The van der Waals surface area contributed by atoms with Crippen LogP contribution in [0.25, 0.3) is 66.6 Å². The molecule has 1 fully saturated rings. The minimum atomic E-state index is -0.379. The van der Waals surface area contributed by atoms with E-state index in [1.165, 1.54) is 18.7 Å². The molecular weight excluding hydrogens is 758 g/mol. The molecule has 5 heterocycles. The summed E-state index contributed by atoms with van der Waals surface area (Å²) in [6.07, 6.45) is 6.81. The van der Waals surface area contributed by atoms with E-state index in [0.29, 0.717) is 37.0 Å². The topological polar surface area (TPSA) is 177 Å². The van der Waals surface area contributed by atoms with Gasteiger partial charge in [-0.05, 0) is 90.3 Å². The maximum Gasteiger partial charge on any atom is 0.219 e. The molecule has 1 aliphatic heterocycles. The van der Waals surface area contributed by atoms with Gasteiger partial charge in [0.1, 0.15) is 42.0 Å². The predicted molar refractivity (Wildman–Crippen MR) is 234 cm³/mol. The Kier molecular flexibility index (Phi) is 12.9. The molecule has 302 valence electrons. The van der Waals surface area contributed by atoms with Gasteiger partial charge >= 0.3 is 0 Å². The summed E-state index contributed by atoms with van der Waals surface area (Å²) in [5.74, 6) is 1.29. The smallest absolute Gasteiger partial charge is 0.219 e. The summed E-state index contributed by atoms with van der Waals surface area (Å²) in [6, 6.07) is 32.7.